The summed E-state index contributed by atoms with van der Waals surface area (Å²) >= 11 is 6.30. The lowest BCUT2D eigenvalue weighted by Gasteiger charge is -2.20. The quantitative estimate of drug-likeness (QED) is 0.496. The van der Waals surface area contributed by atoms with E-state index in [4.69, 9.17) is 21.3 Å². The second-order valence-electron chi connectivity index (χ2n) is 7.84. The Balaban J connectivity index is 1.31. The Hall–Kier alpha value is -2.54. The molecule has 2 aromatic heterocycles. The van der Waals surface area contributed by atoms with Crippen molar-refractivity contribution in [3.8, 4) is 5.88 Å². The van der Waals surface area contributed by atoms with E-state index in [2.05, 4.69) is 32.4 Å². The van der Waals surface area contributed by atoms with E-state index in [1.54, 1.807) is 6.20 Å². The van der Waals surface area contributed by atoms with Crippen LogP contribution in [0, 0.1) is 5.92 Å². The molecular formula is C22H29ClN6O. The number of hydrogen-bond donors (Lipinski definition) is 2. The standard InChI is InChI=1S/C22H29ClN6O/c1-2-24-22(27-13-17-7-8-20(26-12-17)30-15-16-5-6-16)28-18-9-11-29(14-18)21-19(23)4-3-10-25-21/h3-4,7-8,10,12,16,18H,2,5-6,9,11,13-15H2,1H3,(H2,24,27,28). The second kappa shape index (κ2) is 9.98. The summed E-state index contributed by atoms with van der Waals surface area (Å²) in [5.41, 5.74) is 1.05. The van der Waals surface area contributed by atoms with Crippen LogP contribution in [-0.4, -0.2) is 48.2 Å². The Kier molecular flexibility index (Phi) is 6.89. The maximum Gasteiger partial charge on any atom is 0.213 e. The van der Waals surface area contributed by atoms with Crippen molar-refractivity contribution in [3.05, 3.63) is 47.2 Å². The predicted molar refractivity (Wildman–Crippen MR) is 120 cm³/mol. The van der Waals surface area contributed by atoms with Gasteiger partial charge in [-0.05, 0) is 49.8 Å². The van der Waals surface area contributed by atoms with E-state index in [1.807, 2.05) is 30.5 Å². The molecule has 0 aromatic carbocycles. The van der Waals surface area contributed by atoms with Gasteiger partial charge in [0, 0.05) is 44.1 Å². The third-order valence-electron chi connectivity index (χ3n) is 5.29. The maximum absolute atomic E-state index is 6.30. The number of anilines is 1. The highest BCUT2D eigenvalue weighted by atomic mass is 35.5. The van der Waals surface area contributed by atoms with Crippen molar-refractivity contribution in [1.29, 1.82) is 0 Å². The fourth-order valence-electron chi connectivity index (χ4n) is 3.44. The molecule has 0 radical (unpaired) electrons. The zero-order valence-corrected chi connectivity index (χ0v) is 18.1. The number of rotatable bonds is 8. The first-order valence-corrected chi connectivity index (χ1v) is 11.1. The number of ether oxygens (including phenoxy) is 1. The molecule has 1 saturated carbocycles. The van der Waals surface area contributed by atoms with Crippen molar-refractivity contribution < 1.29 is 4.74 Å². The first-order valence-electron chi connectivity index (χ1n) is 10.7. The molecule has 4 rings (SSSR count). The molecule has 7 nitrogen and oxygen atoms in total. The van der Waals surface area contributed by atoms with Gasteiger partial charge in [-0.25, -0.2) is 15.0 Å². The molecule has 2 aliphatic rings. The number of nitrogens with zero attached hydrogens (tertiary/aromatic N) is 4. The predicted octanol–water partition coefficient (Wildman–Crippen LogP) is 3.25. The van der Waals surface area contributed by atoms with Gasteiger partial charge in [0.05, 0.1) is 18.2 Å². The average Bonchev–Trinajstić information content (AvgIpc) is 3.49. The van der Waals surface area contributed by atoms with Crippen LogP contribution in [0.25, 0.3) is 0 Å². The van der Waals surface area contributed by atoms with Gasteiger partial charge in [0.2, 0.25) is 5.88 Å². The number of halogens is 1. The van der Waals surface area contributed by atoms with E-state index in [1.165, 1.54) is 12.8 Å². The highest BCUT2D eigenvalue weighted by molar-refractivity contribution is 6.32. The molecule has 1 saturated heterocycles. The first-order chi connectivity index (χ1) is 14.7. The van der Waals surface area contributed by atoms with Crippen LogP contribution in [0.5, 0.6) is 5.88 Å². The Labute approximate surface area is 182 Å². The van der Waals surface area contributed by atoms with Crippen LogP contribution in [0.3, 0.4) is 0 Å². The number of guanidine groups is 1. The van der Waals surface area contributed by atoms with Crippen LogP contribution >= 0.6 is 11.6 Å². The van der Waals surface area contributed by atoms with E-state index < -0.39 is 0 Å². The third kappa shape index (κ3) is 5.75. The minimum atomic E-state index is 0.289. The molecule has 160 valence electrons. The van der Waals surface area contributed by atoms with Crippen molar-refractivity contribution in [2.24, 2.45) is 10.9 Å². The summed E-state index contributed by atoms with van der Waals surface area (Å²) in [6, 6.07) is 7.99. The largest absolute Gasteiger partial charge is 0.477 e. The molecule has 30 heavy (non-hydrogen) atoms. The van der Waals surface area contributed by atoms with E-state index in [9.17, 15) is 0 Å². The summed E-state index contributed by atoms with van der Waals surface area (Å²) in [4.78, 5) is 15.8. The van der Waals surface area contributed by atoms with Gasteiger partial charge in [0.1, 0.15) is 5.82 Å². The van der Waals surface area contributed by atoms with E-state index in [0.717, 1.165) is 55.9 Å². The zero-order chi connectivity index (χ0) is 20.8. The number of nitrogens with one attached hydrogen (secondary N) is 2. The minimum absolute atomic E-state index is 0.289. The van der Waals surface area contributed by atoms with Crippen LogP contribution < -0.4 is 20.3 Å². The lowest BCUT2D eigenvalue weighted by molar-refractivity contribution is 0.288. The molecule has 1 unspecified atom stereocenters. The number of hydrogen-bond acceptors (Lipinski definition) is 5. The van der Waals surface area contributed by atoms with Gasteiger partial charge in [-0.3, -0.25) is 0 Å². The van der Waals surface area contributed by atoms with Gasteiger partial charge < -0.3 is 20.3 Å². The van der Waals surface area contributed by atoms with Gasteiger partial charge >= 0.3 is 0 Å². The molecule has 3 heterocycles. The van der Waals surface area contributed by atoms with E-state index in [-0.39, 0.29) is 6.04 Å². The fourth-order valence-corrected chi connectivity index (χ4v) is 3.68. The Morgan fingerprint density at radius 1 is 1.27 bits per heavy atom. The van der Waals surface area contributed by atoms with Gasteiger partial charge in [0.25, 0.3) is 0 Å². The monoisotopic (exact) mass is 428 g/mol. The molecule has 2 aromatic rings. The molecule has 0 spiro atoms. The minimum Gasteiger partial charge on any atom is -0.477 e. The average molecular weight is 429 g/mol. The van der Waals surface area contributed by atoms with Gasteiger partial charge in [-0.2, -0.15) is 0 Å². The van der Waals surface area contributed by atoms with Crippen molar-refractivity contribution in [1.82, 2.24) is 20.6 Å². The highest BCUT2D eigenvalue weighted by Crippen LogP contribution is 2.29. The van der Waals surface area contributed by atoms with Crippen molar-refractivity contribution in [2.75, 3.05) is 31.1 Å². The Morgan fingerprint density at radius 3 is 2.90 bits per heavy atom. The molecule has 2 N–H and O–H groups in total. The SMILES string of the molecule is CCNC(=NCc1ccc(OCC2CC2)nc1)NC1CCN(c2ncccc2Cl)C1. The fraction of sp³-hybridized carbons (Fsp3) is 0.500. The molecule has 1 atom stereocenters. The van der Waals surface area contributed by atoms with Crippen molar-refractivity contribution >= 4 is 23.4 Å². The third-order valence-corrected chi connectivity index (χ3v) is 5.59. The maximum atomic E-state index is 6.30. The lowest BCUT2D eigenvalue weighted by Crippen LogP contribution is -2.44. The summed E-state index contributed by atoms with van der Waals surface area (Å²) in [6.45, 7) is 5.98. The summed E-state index contributed by atoms with van der Waals surface area (Å²) in [6.07, 6.45) is 7.19. The Bertz CT molecular complexity index is 855. The number of aromatic nitrogens is 2. The Morgan fingerprint density at radius 2 is 2.17 bits per heavy atom. The van der Waals surface area contributed by atoms with E-state index in [0.29, 0.717) is 17.4 Å². The summed E-state index contributed by atoms with van der Waals surface area (Å²) in [5, 5.41) is 7.56. The normalized spacial score (nSPS) is 19.1. The van der Waals surface area contributed by atoms with Gasteiger partial charge in [0.15, 0.2) is 5.96 Å². The van der Waals surface area contributed by atoms with Crippen LogP contribution in [0.4, 0.5) is 5.82 Å². The molecule has 0 bridgehead atoms. The number of pyridine rings is 2. The first kappa shape index (κ1) is 20.7. The molecule has 1 aliphatic carbocycles. The highest BCUT2D eigenvalue weighted by Gasteiger charge is 2.25. The topological polar surface area (TPSA) is 74.7 Å². The summed E-state index contributed by atoms with van der Waals surface area (Å²) in [5.74, 6) is 3.08. The lowest BCUT2D eigenvalue weighted by atomic mass is 10.2. The van der Waals surface area contributed by atoms with Crippen LogP contribution in [0.2, 0.25) is 5.02 Å². The van der Waals surface area contributed by atoms with E-state index >= 15 is 0 Å². The molecule has 1 aliphatic heterocycles. The molecule has 8 heteroatoms. The molecule has 2 fully saturated rings. The van der Waals surface area contributed by atoms with Crippen molar-refractivity contribution in [3.63, 3.8) is 0 Å². The smallest absolute Gasteiger partial charge is 0.213 e. The van der Waals surface area contributed by atoms with Crippen LogP contribution in [0.15, 0.2) is 41.7 Å². The van der Waals surface area contributed by atoms with Crippen molar-refractivity contribution in [2.45, 2.75) is 38.8 Å². The molecule has 0 amide bonds. The number of aliphatic imine (C=N–C) groups is 1. The van der Waals surface area contributed by atoms with Crippen LogP contribution in [0.1, 0.15) is 31.7 Å². The van der Waals surface area contributed by atoms with Crippen LogP contribution in [-0.2, 0) is 6.54 Å². The van der Waals surface area contributed by atoms with Gasteiger partial charge in [-0.15, -0.1) is 0 Å². The summed E-state index contributed by atoms with van der Waals surface area (Å²) in [7, 11) is 0. The second-order valence-corrected chi connectivity index (χ2v) is 8.25. The van der Waals surface area contributed by atoms with Gasteiger partial charge in [-0.1, -0.05) is 17.7 Å². The molecular weight excluding hydrogens is 400 g/mol. The summed E-state index contributed by atoms with van der Waals surface area (Å²) < 4.78 is 5.70. The zero-order valence-electron chi connectivity index (χ0n) is 17.4.